The van der Waals surface area contributed by atoms with Crippen LogP contribution in [-0.4, -0.2) is 30.5 Å². The van der Waals surface area contributed by atoms with Gasteiger partial charge in [0.1, 0.15) is 23.1 Å². The number of carbonyl (C=O) groups excluding carboxylic acids is 2. The summed E-state index contributed by atoms with van der Waals surface area (Å²) < 4.78 is 10.2. The van der Waals surface area contributed by atoms with E-state index in [2.05, 4.69) is 15.0 Å². The van der Waals surface area contributed by atoms with Crippen molar-refractivity contribution in [3.05, 3.63) is 45.4 Å². The first kappa shape index (κ1) is 20.2. The van der Waals surface area contributed by atoms with Crippen molar-refractivity contribution in [2.75, 3.05) is 13.7 Å². The number of aromatic nitrogens is 1. The Morgan fingerprint density at radius 1 is 1.19 bits per heavy atom. The Kier molecular flexibility index (Phi) is 8.37. The molecule has 140 valence electrons. The SMILES string of the molecule is COC(=O)CCCCCNC(=O)c1csc(COc2ccc(Cl)cc2)n1. The fraction of sp³-hybridized carbons (Fsp3) is 0.389. The van der Waals surface area contributed by atoms with E-state index in [1.165, 1.54) is 18.4 Å². The molecule has 2 rings (SSSR count). The fourth-order valence-electron chi connectivity index (χ4n) is 2.12. The lowest BCUT2D eigenvalue weighted by atomic mass is 10.2. The van der Waals surface area contributed by atoms with Gasteiger partial charge in [0.2, 0.25) is 0 Å². The molecule has 2 aromatic rings. The summed E-state index contributed by atoms with van der Waals surface area (Å²) in [6.45, 7) is 0.848. The number of ether oxygens (including phenoxy) is 2. The van der Waals surface area contributed by atoms with E-state index >= 15 is 0 Å². The first-order valence-corrected chi connectivity index (χ1v) is 9.52. The van der Waals surface area contributed by atoms with Gasteiger partial charge in [-0.1, -0.05) is 18.0 Å². The molecule has 1 heterocycles. The molecular weight excluding hydrogens is 376 g/mol. The summed E-state index contributed by atoms with van der Waals surface area (Å²) in [6.07, 6.45) is 2.82. The van der Waals surface area contributed by atoms with Crippen LogP contribution in [0.4, 0.5) is 0 Å². The van der Waals surface area contributed by atoms with E-state index in [0.29, 0.717) is 36.0 Å². The van der Waals surface area contributed by atoms with Gasteiger partial charge in [0, 0.05) is 23.4 Å². The molecule has 1 amide bonds. The summed E-state index contributed by atoms with van der Waals surface area (Å²) in [7, 11) is 1.38. The van der Waals surface area contributed by atoms with Crippen molar-refractivity contribution in [2.24, 2.45) is 0 Å². The third-order valence-corrected chi connectivity index (χ3v) is 4.61. The van der Waals surface area contributed by atoms with Crippen LogP contribution < -0.4 is 10.1 Å². The number of rotatable bonds is 10. The minimum absolute atomic E-state index is 0.202. The average Bonchev–Trinajstić information content (AvgIpc) is 3.12. The summed E-state index contributed by atoms with van der Waals surface area (Å²) in [5.74, 6) is 0.291. The van der Waals surface area contributed by atoms with Crippen LogP contribution in [0.3, 0.4) is 0 Å². The molecule has 0 aliphatic carbocycles. The minimum Gasteiger partial charge on any atom is -0.486 e. The Morgan fingerprint density at radius 3 is 2.69 bits per heavy atom. The van der Waals surface area contributed by atoms with Gasteiger partial charge >= 0.3 is 5.97 Å². The van der Waals surface area contributed by atoms with E-state index in [4.69, 9.17) is 16.3 Å². The van der Waals surface area contributed by atoms with Gasteiger partial charge < -0.3 is 14.8 Å². The lowest BCUT2D eigenvalue weighted by Crippen LogP contribution is -2.24. The maximum Gasteiger partial charge on any atom is 0.305 e. The zero-order chi connectivity index (χ0) is 18.8. The molecule has 0 spiro atoms. The molecule has 1 aromatic heterocycles. The highest BCUT2D eigenvalue weighted by Gasteiger charge is 2.10. The summed E-state index contributed by atoms with van der Waals surface area (Å²) in [5.41, 5.74) is 0.388. The van der Waals surface area contributed by atoms with E-state index in [9.17, 15) is 9.59 Å². The second kappa shape index (κ2) is 10.8. The van der Waals surface area contributed by atoms with Gasteiger partial charge in [-0.2, -0.15) is 0 Å². The number of nitrogens with zero attached hydrogens (tertiary/aromatic N) is 1. The number of thiazole rings is 1. The van der Waals surface area contributed by atoms with E-state index in [1.54, 1.807) is 29.6 Å². The molecule has 0 saturated heterocycles. The highest BCUT2D eigenvalue weighted by molar-refractivity contribution is 7.09. The molecule has 0 aliphatic heterocycles. The topological polar surface area (TPSA) is 77.5 Å². The van der Waals surface area contributed by atoms with E-state index < -0.39 is 0 Å². The molecule has 0 saturated carbocycles. The number of halogens is 1. The van der Waals surface area contributed by atoms with E-state index in [1.807, 2.05) is 0 Å². The summed E-state index contributed by atoms with van der Waals surface area (Å²) >= 11 is 7.21. The van der Waals surface area contributed by atoms with Crippen LogP contribution >= 0.6 is 22.9 Å². The maximum absolute atomic E-state index is 12.1. The third kappa shape index (κ3) is 7.01. The monoisotopic (exact) mass is 396 g/mol. The lowest BCUT2D eigenvalue weighted by molar-refractivity contribution is -0.140. The third-order valence-electron chi connectivity index (χ3n) is 3.53. The van der Waals surface area contributed by atoms with Gasteiger partial charge in [-0.15, -0.1) is 11.3 Å². The molecule has 8 heteroatoms. The number of hydrogen-bond donors (Lipinski definition) is 1. The van der Waals surface area contributed by atoms with Crippen LogP contribution in [-0.2, 0) is 16.1 Å². The summed E-state index contributed by atoms with van der Waals surface area (Å²) in [5, 5.41) is 5.92. The van der Waals surface area contributed by atoms with Crippen molar-refractivity contribution in [2.45, 2.75) is 32.3 Å². The number of benzene rings is 1. The van der Waals surface area contributed by atoms with Crippen molar-refractivity contribution < 1.29 is 19.1 Å². The number of carbonyl (C=O) groups is 2. The van der Waals surface area contributed by atoms with Gasteiger partial charge in [0.25, 0.3) is 5.91 Å². The zero-order valence-corrected chi connectivity index (χ0v) is 16.1. The molecule has 26 heavy (non-hydrogen) atoms. The van der Waals surface area contributed by atoms with Crippen molar-refractivity contribution in [3.63, 3.8) is 0 Å². The Balaban J connectivity index is 1.67. The molecule has 0 atom stereocenters. The number of nitrogens with one attached hydrogen (secondary N) is 1. The second-order valence-corrected chi connectivity index (χ2v) is 6.89. The standard InChI is InChI=1S/C18H21ClN2O4S/c1-24-17(22)5-3-2-4-10-20-18(23)15-12-26-16(21-15)11-25-14-8-6-13(19)7-9-14/h6-9,12H,2-5,10-11H2,1H3,(H,20,23). The first-order chi connectivity index (χ1) is 12.6. The van der Waals surface area contributed by atoms with Gasteiger partial charge in [-0.05, 0) is 37.1 Å². The molecule has 1 aromatic carbocycles. The molecular formula is C18H21ClN2O4S. The maximum atomic E-state index is 12.1. The van der Waals surface area contributed by atoms with Crippen molar-refractivity contribution >= 4 is 34.8 Å². The zero-order valence-electron chi connectivity index (χ0n) is 14.5. The van der Waals surface area contributed by atoms with Crippen molar-refractivity contribution in [3.8, 4) is 5.75 Å². The number of amides is 1. The number of hydrogen-bond acceptors (Lipinski definition) is 6. The first-order valence-electron chi connectivity index (χ1n) is 8.26. The quantitative estimate of drug-likeness (QED) is 0.487. The van der Waals surface area contributed by atoms with Gasteiger partial charge in [0.15, 0.2) is 0 Å². The Labute approximate surface area is 161 Å². The van der Waals surface area contributed by atoms with Crippen LogP contribution in [0.25, 0.3) is 0 Å². The number of esters is 1. The lowest BCUT2D eigenvalue weighted by Gasteiger charge is -2.04. The second-order valence-electron chi connectivity index (χ2n) is 5.51. The van der Waals surface area contributed by atoms with Gasteiger partial charge in [-0.25, -0.2) is 4.98 Å². The fourth-order valence-corrected chi connectivity index (χ4v) is 2.93. The average molecular weight is 397 g/mol. The minimum atomic E-state index is -0.204. The summed E-state index contributed by atoms with van der Waals surface area (Å²) in [6, 6.07) is 7.07. The predicted molar refractivity (Wildman–Crippen MR) is 101 cm³/mol. The molecule has 0 unspecified atom stereocenters. The smallest absolute Gasteiger partial charge is 0.305 e. The van der Waals surface area contributed by atoms with Gasteiger partial charge in [0.05, 0.1) is 7.11 Å². The van der Waals surface area contributed by atoms with Crippen molar-refractivity contribution in [1.82, 2.24) is 10.3 Å². The largest absolute Gasteiger partial charge is 0.486 e. The van der Waals surface area contributed by atoms with Crippen molar-refractivity contribution in [1.29, 1.82) is 0 Å². The molecule has 6 nitrogen and oxygen atoms in total. The van der Waals surface area contributed by atoms with Crippen LogP contribution in [0.15, 0.2) is 29.6 Å². The molecule has 0 bridgehead atoms. The van der Waals surface area contributed by atoms with Crippen LogP contribution in [0.2, 0.25) is 5.02 Å². The predicted octanol–water partition coefficient (Wildman–Crippen LogP) is 3.84. The van der Waals surface area contributed by atoms with E-state index in [0.717, 1.165) is 24.3 Å². The number of methoxy groups -OCH3 is 1. The molecule has 0 fully saturated rings. The Morgan fingerprint density at radius 2 is 1.96 bits per heavy atom. The van der Waals surface area contributed by atoms with Crippen LogP contribution in [0.1, 0.15) is 41.2 Å². The summed E-state index contributed by atoms with van der Waals surface area (Å²) in [4.78, 5) is 27.3. The van der Waals surface area contributed by atoms with Crippen LogP contribution in [0.5, 0.6) is 5.75 Å². The Hall–Kier alpha value is -2.12. The van der Waals surface area contributed by atoms with Crippen LogP contribution in [0, 0.1) is 0 Å². The molecule has 0 radical (unpaired) electrons. The van der Waals surface area contributed by atoms with E-state index in [-0.39, 0.29) is 11.9 Å². The Bertz CT molecular complexity index is 718. The highest BCUT2D eigenvalue weighted by Crippen LogP contribution is 2.18. The highest BCUT2D eigenvalue weighted by atomic mass is 35.5. The molecule has 1 N–H and O–H groups in total. The molecule has 0 aliphatic rings. The number of unbranched alkanes of at least 4 members (excludes halogenated alkanes) is 2. The van der Waals surface area contributed by atoms with Gasteiger partial charge in [-0.3, -0.25) is 9.59 Å². The normalized spacial score (nSPS) is 10.4.